The van der Waals surface area contributed by atoms with Crippen LogP contribution >= 0.6 is 0 Å². The van der Waals surface area contributed by atoms with Crippen molar-refractivity contribution in [2.45, 2.75) is 51.2 Å². The van der Waals surface area contributed by atoms with Crippen LogP contribution in [0.1, 0.15) is 50.0 Å². The van der Waals surface area contributed by atoms with E-state index in [1.807, 2.05) is 17.3 Å². The lowest BCUT2D eigenvalue weighted by atomic mass is 10.0. The van der Waals surface area contributed by atoms with Gasteiger partial charge in [0.05, 0.1) is 23.6 Å². The predicted octanol–water partition coefficient (Wildman–Crippen LogP) is 1.69. The standard InChI is InChI=1S/C18H29N5O/c1-14(24)23-8-4-5-18(23)17-12-19-11-15(20-17)13-22(3)16-6-9-21(2)10-7-16/h11-12,16,18H,4-10,13H2,1-3H3/t18-/m1/s1. The van der Waals surface area contributed by atoms with Crippen molar-refractivity contribution in [2.24, 2.45) is 0 Å². The molecule has 0 bridgehead atoms. The maximum Gasteiger partial charge on any atom is 0.220 e. The lowest BCUT2D eigenvalue weighted by molar-refractivity contribution is -0.129. The van der Waals surface area contributed by atoms with E-state index in [1.165, 1.54) is 12.8 Å². The molecule has 2 saturated heterocycles. The van der Waals surface area contributed by atoms with E-state index in [2.05, 4.69) is 28.9 Å². The average molecular weight is 331 g/mol. The molecule has 0 unspecified atom stereocenters. The van der Waals surface area contributed by atoms with Crippen LogP contribution in [0, 0.1) is 0 Å². The Bertz CT molecular complexity index is 570. The van der Waals surface area contributed by atoms with Gasteiger partial charge in [-0.3, -0.25) is 19.7 Å². The SMILES string of the molecule is CC(=O)N1CCC[C@@H]1c1cncc(CN(C)C2CCN(C)CC2)n1. The highest BCUT2D eigenvalue weighted by Crippen LogP contribution is 2.30. The molecule has 2 fully saturated rings. The van der Waals surface area contributed by atoms with Gasteiger partial charge in [0.25, 0.3) is 0 Å². The highest BCUT2D eigenvalue weighted by atomic mass is 16.2. The van der Waals surface area contributed by atoms with Crippen molar-refractivity contribution in [3.05, 3.63) is 23.8 Å². The number of hydrogen-bond donors (Lipinski definition) is 0. The molecule has 1 amide bonds. The fourth-order valence-corrected chi connectivity index (χ4v) is 3.93. The van der Waals surface area contributed by atoms with Gasteiger partial charge >= 0.3 is 0 Å². The molecule has 1 atom stereocenters. The fourth-order valence-electron chi connectivity index (χ4n) is 3.93. The van der Waals surface area contributed by atoms with Crippen LogP contribution in [0.15, 0.2) is 12.4 Å². The van der Waals surface area contributed by atoms with Crippen LogP contribution in [0.4, 0.5) is 0 Å². The minimum atomic E-state index is 0.101. The summed E-state index contributed by atoms with van der Waals surface area (Å²) in [5.41, 5.74) is 1.95. The van der Waals surface area contributed by atoms with E-state index >= 15 is 0 Å². The molecule has 3 heterocycles. The topological polar surface area (TPSA) is 52.6 Å². The number of likely N-dealkylation sites (tertiary alicyclic amines) is 2. The molecule has 6 nitrogen and oxygen atoms in total. The van der Waals surface area contributed by atoms with Crippen molar-refractivity contribution in [2.75, 3.05) is 33.7 Å². The summed E-state index contributed by atoms with van der Waals surface area (Å²) in [6.07, 6.45) is 8.14. The lowest BCUT2D eigenvalue weighted by Crippen LogP contribution is -2.41. The maximum absolute atomic E-state index is 11.8. The van der Waals surface area contributed by atoms with Gasteiger partial charge in [-0.2, -0.15) is 0 Å². The molecule has 3 rings (SSSR count). The third-order valence-corrected chi connectivity index (χ3v) is 5.42. The van der Waals surface area contributed by atoms with E-state index in [0.717, 1.165) is 50.4 Å². The van der Waals surface area contributed by atoms with Crippen LogP contribution in [-0.4, -0.2) is 70.3 Å². The van der Waals surface area contributed by atoms with Crippen LogP contribution in [0.2, 0.25) is 0 Å². The summed E-state index contributed by atoms with van der Waals surface area (Å²) in [5.74, 6) is 0.133. The minimum absolute atomic E-state index is 0.101. The molecule has 0 saturated carbocycles. The van der Waals surface area contributed by atoms with E-state index < -0.39 is 0 Å². The second kappa shape index (κ2) is 7.57. The lowest BCUT2D eigenvalue weighted by Gasteiger charge is -2.35. The van der Waals surface area contributed by atoms with Crippen LogP contribution in [0.5, 0.6) is 0 Å². The molecule has 0 aliphatic carbocycles. The Balaban J connectivity index is 1.66. The van der Waals surface area contributed by atoms with Gasteiger partial charge in [-0.15, -0.1) is 0 Å². The van der Waals surface area contributed by atoms with Crippen molar-refractivity contribution in [3.63, 3.8) is 0 Å². The summed E-state index contributed by atoms with van der Waals surface area (Å²) in [4.78, 5) is 27.7. The zero-order valence-corrected chi connectivity index (χ0v) is 15.1. The van der Waals surface area contributed by atoms with E-state index in [4.69, 9.17) is 4.98 Å². The minimum Gasteiger partial charge on any atom is -0.334 e. The van der Waals surface area contributed by atoms with Crippen molar-refractivity contribution < 1.29 is 4.79 Å². The fraction of sp³-hybridized carbons (Fsp3) is 0.722. The van der Waals surface area contributed by atoms with E-state index in [1.54, 1.807) is 6.92 Å². The molecular weight excluding hydrogens is 302 g/mol. The average Bonchev–Trinajstić information content (AvgIpc) is 3.05. The second-order valence-electron chi connectivity index (χ2n) is 7.26. The number of aromatic nitrogens is 2. The van der Waals surface area contributed by atoms with Gasteiger partial charge in [0.1, 0.15) is 0 Å². The normalized spacial score (nSPS) is 23.2. The number of hydrogen-bond acceptors (Lipinski definition) is 5. The third kappa shape index (κ3) is 3.92. The smallest absolute Gasteiger partial charge is 0.220 e. The summed E-state index contributed by atoms with van der Waals surface area (Å²) in [6, 6.07) is 0.718. The molecule has 0 aromatic carbocycles. The Morgan fingerprint density at radius 1 is 1.25 bits per heavy atom. The largest absolute Gasteiger partial charge is 0.334 e. The van der Waals surface area contributed by atoms with E-state index in [-0.39, 0.29) is 11.9 Å². The quantitative estimate of drug-likeness (QED) is 0.840. The van der Waals surface area contributed by atoms with E-state index in [9.17, 15) is 4.79 Å². The van der Waals surface area contributed by atoms with Gasteiger partial charge in [0, 0.05) is 32.3 Å². The summed E-state index contributed by atoms with van der Waals surface area (Å²) in [5, 5.41) is 0. The molecule has 24 heavy (non-hydrogen) atoms. The van der Waals surface area contributed by atoms with Crippen molar-refractivity contribution >= 4 is 5.91 Å². The zero-order chi connectivity index (χ0) is 17.1. The Kier molecular flexibility index (Phi) is 5.46. The molecule has 0 radical (unpaired) electrons. The molecule has 0 spiro atoms. The first-order valence-electron chi connectivity index (χ1n) is 9.01. The molecule has 1 aromatic heterocycles. The van der Waals surface area contributed by atoms with Gasteiger partial charge in [0.2, 0.25) is 5.91 Å². The summed E-state index contributed by atoms with van der Waals surface area (Å²) in [6.45, 7) is 5.62. The predicted molar refractivity (Wildman–Crippen MR) is 93.4 cm³/mol. The summed E-state index contributed by atoms with van der Waals surface area (Å²) in [7, 11) is 4.37. The number of carbonyl (C=O) groups excluding carboxylic acids is 1. The molecule has 132 valence electrons. The highest BCUT2D eigenvalue weighted by molar-refractivity contribution is 5.74. The Labute approximate surface area is 144 Å². The number of piperidine rings is 1. The van der Waals surface area contributed by atoms with Crippen molar-refractivity contribution in [3.8, 4) is 0 Å². The summed E-state index contributed by atoms with van der Waals surface area (Å²) < 4.78 is 0. The van der Waals surface area contributed by atoms with Crippen LogP contribution < -0.4 is 0 Å². The van der Waals surface area contributed by atoms with Crippen LogP contribution in [0.25, 0.3) is 0 Å². The van der Waals surface area contributed by atoms with Gasteiger partial charge in [-0.05, 0) is 52.9 Å². The maximum atomic E-state index is 11.8. The molecule has 1 aromatic rings. The number of carbonyl (C=O) groups is 1. The molecule has 2 aliphatic rings. The monoisotopic (exact) mass is 331 g/mol. The van der Waals surface area contributed by atoms with Gasteiger partial charge in [0.15, 0.2) is 0 Å². The molecule has 2 aliphatic heterocycles. The van der Waals surface area contributed by atoms with Crippen molar-refractivity contribution in [1.29, 1.82) is 0 Å². The van der Waals surface area contributed by atoms with Gasteiger partial charge < -0.3 is 9.80 Å². The van der Waals surface area contributed by atoms with E-state index in [0.29, 0.717) is 6.04 Å². The number of rotatable bonds is 4. The van der Waals surface area contributed by atoms with Crippen LogP contribution in [-0.2, 0) is 11.3 Å². The van der Waals surface area contributed by atoms with Gasteiger partial charge in [-0.1, -0.05) is 0 Å². The Morgan fingerprint density at radius 2 is 2.00 bits per heavy atom. The second-order valence-corrected chi connectivity index (χ2v) is 7.26. The Hall–Kier alpha value is -1.53. The number of amides is 1. The van der Waals surface area contributed by atoms with Crippen molar-refractivity contribution in [1.82, 2.24) is 24.7 Å². The molecule has 0 N–H and O–H groups in total. The Morgan fingerprint density at radius 3 is 2.71 bits per heavy atom. The van der Waals surface area contributed by atoms with Gasteiger partial charge in [-0.25, -0.2) is 0 Å². The summed E-state index contributed by atoms with van der Waals surface area (Å²) >= 11 is 0. The first-order valence-corrected chi connectivity index (χ1v) is 9.01. The molecular formula is C18H29N5O. The molecule has 6 heteroatoms. The van der Waals surface area contributed by atoms with Crippen LogP contribution in [0.3, 0.4) is 0 Å². The zero-order valence-electron chi connectivity index (χ0n) is 15.1. The first kappa shape index (κ1) is 17.3. The number of nitrogens with zero attached hydrogens (tertiary/aromatic N) is 5. The highest BCUT2D eigenvalue weighted by Gasteiger charge is 2.29. The third-order valence-electron chi connectivity index (χ3n) is 5.42. The first-order chi connectivity index (χ1) is 11.5.